The second kappa shape index (κ2) is 8.16. The number of ether oxygens (including phenoxy) is 1. The molecule has 0 bridgehead atoms. The van der Waals surface area contributed by atoms with Crippen LogP contribution in [0, 0.1) is 0 Å². The molecule has 0 atom stereocenters. The number of hydrogen-bond acceptors (Lipinski definition) is 4. The van der Waals surface area contributed by atoms with Crippen molar-refractivity contribution in [2.24, 2.45) is 0 Å². The monoisotopic (exact) mass is 447 g/mol. The van der Waals surface area contributed by atoms with Gasteiger partial charge in [0.1, 0.15) is 0 Å². The maximum absolute atomic E-state index is 12.8. The normalized spacial score (nSPS) is 14.8. The van der Waals surface area contributed by atoms with Crippen LogP contribution >= 0.6 is 23.2 Å². The van der Waals surface area contributed by atoms with Gasteiger partial charge in [-0.05, 0) is 49.2 Å². The van der Waals surface area contributed by atoms with E-state index in [1.165, 1.54) is 7.11 Å². The highest BCUT2D eigenvalue weighted by Gasteiger charge is 2.27. The molecule has 1 N–H and O–H groups in total. The lowest BCUT2D eigenvalue weighted by molar-refractivity contribution is 0.0600. The van der Waals surface area contributed by atoms with Gasteiger partial charge >= 0.3 is 11.7 Å². The van der Waals surface area contributed by atoms with Gasteiger partial charge in [0.25, 0.3) is 5.91 Å². The minimum Gasteiger partial charge on any atom is -0.465 e. The lowest BCUT2D eigenvalue weighted by Crippen LogP contribution is -2.40. The molecule has 0 radical (unpaired) electrons. The van der Waals surface area contributed by atoms with Crippen molar-refractivity contribution >= 4 is 46.1 Å². The van der Waals surface area contributed by atoms with Gasteiger partial charge in [-0.15, -0.1) is 0 Å². The highest BCUT2D eigenvalue weighted by atomic mass is 35.5. The zero-order chi connectivity index (χ0) is 21.4. The SMILES string of the molecule is COC(=O)c1ccc2c(c1)[nH]c(=O)n2C1CCN(C(=O)c2ccc(Cl)cc2Cl)CC1. The predicted octanol–water partition coefficient (Wildman–Crippen LogP) is 3.90. The fourth-order valence-electron chi connectivity index (χ4n) is 3.90. The average molecular weight is 448 g/mol. The molecule has 1 saturated heterocycles. The second-order valence-corrected chi connectivity index (χ2v) is 8.01. The molecule has 0 spiro atoms. The van der Waals surface area contributed by atoms with Crippen LogP contribution < -0.4 is 5.69 Å². The molecule has 0 saturated carbocycles. The van der Waals surface area contributed by atoms with Gasteiger partial charge in [0.05, 0.1) is 34.3 Å². The van der Waals surface area contributed by atoms with Gasteiger partial charge in [0, 0.05) is 24.2 Å². The van der Waals surface area contributed by atoms with Crippen LogP contribution in [-0.4, -0.2) is 46.5 Å². The molecule has 9 heteroatoms. The summed E-state index contributed by atoms with van der Waals surface area (Å²) in [4.78, 5) is 41.7. The number of likely N-dealkylation sites (tertiary alicyclic amines) is 1. The third kappa shape index (κ3) is 3.70. The molecular formula is C21H19Cl2N3O4. The number of fused-ring (bicyclic) bond motifs is 1. The number of carbonyl (C=O) groups excluding carboxylic acids is 2. The van der Waals surface area contributed by atoms with Crippen molar-refractivity contribution in [1.29, 1.82) is 0 Å². The van der Waals surface area contributed by atoms with Crippen molar-refractivity contribution in [3.8, 4) is 0 Å². The first-order valence-electron chi connectivity index (χ1n) is 9.46. The van der Waals surface area contributed by atoms with Gasteiger partial charge in [0.15, 0.2) is 0 Å². The van der Waals surface area contributed by atoms with Crippen molar-refractivity contribution in [2.75, 3.05) is 20.2 Å². The molecule has 1 aliphatic heterocycles. The van der Waals surface area contributed by atoms with E-state index < -0.39 is 5.97 Å². The molecule has 1 aliphatic rings. The average Bonchev–Trinajstić information content (AvgIpc) is 3.07. The van der Waals surface area contributed by atoms with E-state index in [2.05, 4.69) is 4.98 Å². The lowest BCUT2D eigenvalue weighted by atomic mass is 10.0. The Morgan fingerprint density at radius 2 is 1.83 bits per heavy atom. The molecule has 1 amide bonds. The summed E-state index contributed by atoms with van der Waals surface area (Å²) in [5, 5.41) is 0.799. The van der Waals surface area contributed by atoms with Crippen molar-refractivity contribution in [3.05, 3.63) is 68.1 Å². The Labute approximate surface area is 182 Å². The Morgan fingerprint density at radius 1 is 1.10 bits per heavy atom. The van der Waals surface area contributed by atoms with E-state index in [-0.39, 0.29) is 17.6 Å². The van der Waals surface area contributed by atoms with Gasteiger partial charge in [-0.3, -0.25) is 9.36 Å². The molecular weight excluding hydrogens is 429 g/mol. The molecule has 30 heavy (non-hydrogen) atoms. The standard InChI is InChI=1S/C21H19Cl2N3O4/c1-30-20(28)12-2-5-18-17(10-12)24-21(29)26(18)14-6-8-25(9-7-14)19(27)15-4-3-13(22)11-16(15)23/h2-5,10-11,14H,6-9H2,1H3,(H,24,29). The third-order valence-electron chi connectivity index (χ3n) is 5.42. The molecule has 1 aromatic heterocycles. The van der Waals surface area contributed by atoms with Crippen LogP contribution in [0.1, 0.15) is 39.6 Å². The highest BCUT2D eigenvalue weighted by Crippen LogP contribution is 2.28. The first-order valence-corrected chi connectivity index (χ1v) is 10.2. The van der Waals surface area contributed by atoms with E-state index in [9.17, 15) is 14.4 Å². The quantitative estimate of drug-likeness (QED) is 0.616. The number of carbonyl (C=O) groups is 2. The van der Waals surface area contributed by atoms with Crippen LogP contribution in [0.5, 0.6) is 0 Å². The van der Waals surface area contributed by atoms with Crippen molar-refractivity contribution < 1.29 is 14.3 Å². The van der Waals surface area contributed by atoms with Crippen LogP contribution in [0.2, 0.25) is 10.0 Å². The molecule has 0 aliphatic carbocycles. The van der Waals surface area contributed by atoms with Gasteiger partial charge in [-0.25, -0.2) is 9.59 Å². The van der Waals surface area contributed by atoms with Crippen LogP contribution in [0.3, 0.4) is 0 Å². The molecule has 7 nitrogen and oxygen atoms in total. The summed E-state index contributed by atoms with van der Waals surface area (Å²) in [7, 11) is 1.31. The van der Waals surface area contributed by atoms with Crippen molar-refractivity contribution in [3.63, 3.8) is 0 Å². The smallest absolute Gasteiger partial charge is 0.337 e. The Kier molecular flexibility index (Phi) is 5.58. The van der Waals surface area contributed by atoms with E-state index in [1.54, 1.807) is 45.9 Å². The molecule has 1 fully saturated rings. The van der Waals surface area contributed by atoms with E-state index >= 15 is 0 Å². The fraction of sp³-hybridized carbons (Fsp3) is 0.286. The zero-order valence-electron chi connectivity index (χ0n) is 16.2. The van der Waals surface area contributed by atoms with Crippen molar-refractivity contribution in [2.45, 2.75) is 18.9 Å². The number of nitrogens with zero attached hydrogens (tertiary/aromatic N) is 2. The summed E-state index contributed by atoms with van der Waals surface area (Å²) in [6.45, 7) is 1.00. The third-order valence-corrected chi connectivity index (χ3v) is 5.96. The minimum absolute atomic E-state index is 0.0556. The number of methoxy groups -OCH3 is 1. The van der Waals surface area contributed by atoms with Crippen LogP contribution in [-0.2, 0) is 4.74 Å². The summed E-state index contributed by atoms with van der Waals surface area (Å²) in [6.07, 6.45) is 1.26. The number of H-pyrrole nitrogens is 1. The Balaban J connectivity index is 1.53. The number of aromatic nitrogens is 2. The van der Waals surface area contributed by atoms with Crippen LogP contribution in [0.25, 0.3) is 11.0 Å². The maximum atomic E-state index is 12.8. The number of rotatable bonds is 3. The van der Waals surface area contributed by atoms with E-state index in [4.69, 9.17) is 27.9 Å². The first kappa shape index (κ1) is 20.5. The lowest BCUT2D eigenvalue weighted by Gasteiger charge is -2.32. The fourth-order valence-corrected chi connectivity index (χ4v) is 4.39. The minimum atomic E-state index is -0.460. The summed E-state index contributed by atoms with van der Waals surface area (Å²) < 4.78 is 6.43. The maximum Gasteiger partial charge on any atom is 0.337 e. The van der Waals surface area contributed by atoms with Gasteiger partial charge < -0.3 is 14.6 Å². The van der Waals surface area contributed by atoms with Crippen LogP contribution in [0.4, 0.5) is 0 Å². The van der Waals surface area contributed by atoms with Gasteiger partial charge in [0.2, 0.25) is 0 Å². The number of benzene rings is 2. The summed E-state index contributed by atoms with van der Waals surface area (Å²) in [6, 6.07) is 9.75. The van der Waals surface area contributed by atoms with E-state index in [1.807, 2.05) is 0 Å². The van der Waals surface area contributed by atoms with E-state index in [0.29, 0.717) is 52.6 Å². The largest absolute Gasteiger partial charge is 0.465 e. The zero-order valence-corrected chi connectivity index (χ0v) is 17.7. The highest BCUT2D eigenvalue weighted by molar-refractivity contribution is 6.36. The molecule has 4 rings (SSSR count). The Bertz CT molecular complexity index is 1190. The number of halogens is 2. The number of nitrogens with one attached hydrogen (secondary N) is 1. The summed E-state index contributed by atoms with van der Waals surface area (Å²) in [5.74, 6) is -0.609. The van der Waals surface area contributed by atoms with Gasteiger partial charge in [-0.2, -0.15) is 0 Å². The van der Waals surface area contributed by atoms with Crippen molar-refractivity contribution in [1.82, 2.24) is 14.5 Å². The molecule has 3 aromatic rings. The predicted molar refractivity (Wildman–Crippen MR) is 115 cm³/mol. The Morgan fingerprint density at radius 3 is 2.50 bits per heavy atom. The second-order valence-electron chi connectivity index (χ2n) is 7.17. The molecule has 156 valence electrons. The molecule has 2 heterocycles. The Hall–Kier alpha value is -2.77. The number of esters is 1. The van der Waals surface area contributed by atoms with Gasteiger partial charge in [-0.1, -0.05) is 23.2 Å². The summed E-state index contributed by atoms with van der Waals surface area (Å²) >= 11 is 12.1. The topological polar surface area (TPSA) is 84.4 Å². The number of imidazole rings is 1. The van der Waals surface area contributed by atoms with E-state index in [0.717, 1.165) is 5.52 Å². The molecule has 0 unspecified atom stereocenters. The van der Waals surface area contributed by atoms with Crippen LogP contribution in [0.15, 0.2) is 41.2 Å². The number of piperidine rings is 1. The number of amides is 1. The first-order chi connectivity index (χ1) is 14.4. The number of hydrogen-bond donors (Lipinski definition) is 1. The molecule has 2 aromatic carbocycles. The number of aromatic amines is 1. The summed E-state index contributed by atoms with van der Waals surface area (Å²) in [5.41, 5.74) is 1.85.